The SMILES string of the molecule is O=C(CC(C1CC1)C1CC1)Nc1nc(-c2c[nH]c3ccccc23)cs1. The number of H-pyrrole nitrogens is 1. The van der Waals surface area contributed by atoms with E-state index < -0.39 is 0 Å². The number of rotatable bonds is 6. The lowest BCUT2D eigenvalue weighted by Gasteiger charge is -2.14. The van der Waals surface area contributed by atoms with Gasteiger partial charge < -0.3 is 10.3 Å². The summed E-state index contributed by atoms with van der Waals surface area (Å²) in [5, 5.41) is 6.91. The van der Waals surface area contributed by atoms with Gasteiger partial charge in [-0.2, -0.15) is 0 Å². The minimum Gasteiger partial charge on any atom is -0.360 e. The van der Waals surface area contributed by atoms with Gasteiger partial charge in [0.15, 0.2) is 5.13 Å². The van der Waals surface area contributed by atoms with Crippen LogP contribution < -0.4 is 5.32 Å². The van der Waals surface area contributed by atoms with E-state index in [2.05, 4.69) is 27.4 Å². The van der Waals surface area contributed by atoms with Gasteiger partial charge in [-0.1, -0.05) is 18.2 Å². The van der Waals surface area contributed by atoms with E-state index in [9.17, 15) is 4.79 Å². The quantitative estimate of drug-likeness (QED) is 0.652. The van der Waals surface area contributed by atoms with Crippen molar-refractivity contribution in [2.24, 2.45) is 17.8 Å². The fourth-order valence-electron chi connectivity index (χ4n) is 3.89. The second-order valence-electron chi connectivity index (χ2n) is 7.38. The third-order valence-electron chi connectivity index (χ3n) is 5.49. The number of carbonyl (C=O) groups excluding carboxylic acids is 1. The Morgan fingerprint density at radius 3 is 2.76 bits per heavy atom. The van der Waals surface area contributed by atoms with Crippen LogP contribution >= 0.6 is 11.3 Å². The summed E-state index contributed by atoms with van der Waals surface area (Å²) in [6.45, 7) is 0. The van der Waals surface area contributed by atoms with Crippen molar-refractivity contribution in [3.63, 3.8) is 0 Å². The van der Waals surface area contributed by atoms with Crippen molar-refractivity contribution in [3.05, 3.63) is 35.8 Å². The molecule has 0 spiro atoms. The third kappa shape index (κ3) is 3.09. The van der Waals surface area contributed by atoms with E-state index in [0.29, 0.717) is 17.5 Å². The molecule has 0 saturated heterocycles. The number of nitrogens with zero attached hydrogens (tertiary/aromatic N) is 1. The molecule has 5 heteroatoms. The monoisotopic (exact) mass is 351 g/mol. The highest BCUT2D eigenvalue weighted by Crippen LogP contribution is 2.50. The predicted molar refractivity (Wildman–Crippen MR) is 102 cm³/mol. The van der Waals surface area contributed by atoms with Gasteiger partial charge in [-0.05, 0) is 49.5 Å². The van der Waals surface area contributed by atoms with Gasteiger partial charge in [0.05, 0.1) is 5.69 Å². The molecular formula is C20H21N3OS. The lowest BCUT2D eigenvalue weighted by Crippen LogP contribution is -2.19. The number of carbonyl (C=O) groups is 1. The second-order valence-corrected chi connectivity index (χ2v) is 8.23. The smallest absolute Gasteiger partial charge is 0.226 e. The lowest BCUT2D eigenvalue weighted by atomic mass is 9.94. The zero-order valence-electron chi connectivity index (χ0n) is 14.0. The van der Waals surface area contributed by atoms with E-state index in [1.807, 2.05) is 23.7 Å². The molecule has 0 bridgehead atoms. The summed E-state index contributed by atoms with van der Waals surface area (Å²) in [5.41, 5.74) is 3.10. The van der Waals surface area contributed by atoms with Gasteiger partial charge in [0.2, 0.25) is 5.91 Å². The molecule has 0 radical (unpaired) electrons. The average Bonchev–Trinajstić information content (AvgIpc) is 3.54. The number of hydrogen-bond acceptors (Lipinski definition) is 3. The van der Waals surface area contributed by atoms with Crippen molar-refractivity contribution in [3.8, 4) is 11.3 Å². The topological polar surface area (TPSA) is 57.8 Å². The molecule has 1 amide bonds. The summed E-state index contributed by atoms with van der Waals surface area (Å²) in [6.07, 6.45) is 7.92. The van der Waals surface area contributed by atoms with Gasteiger partial charge in [0.25, 0.3) is 0 Å². The Labute approximate surface area is 150 Å². The zero-order chi connectivity index (χ0) is 16.8. The number of thiazole rings is 1. The van der Waals surface area contributed by atoms with E-state index in [4.69, 9.17) is 0 Å². The molecule has 2 aromatic heterocycles. The largest absolute Gasteiger partial charge is 0.360 e. The number of nitrogens with one attached hydrogen (secondary N) is 2. The van der Waals surface area contributed by atoms with E-state index in [1.54, 1.807) is 0 Å². The Kier molecular flexibility index (Phi) is 3.63. The number of hydrogen-bond donors (Lipinski definition) is 2. The van der Waals surface area contributed by atoms with Crippen LogP contribution in [-0.2, 0) is 4.79 Å². The minimum atomic E-state index is 0.128. The molecule has 0 unspecified atom stereocenters. The molecular weight excluding hydrogens is 330 g/mol. The van der Waals surface area contributed by atoms with Crippen LogP contribution in [-0.4, -0.2) is 15.9 Å². The number of anilines is 1. The molecule has 25 heavy (non-hydrogen) atoms. The number of aromatic amines is 1. The van der Waals surface area contributed by atoms with Crippen LogP contribution in [0, 0.1) is 17.8 Å². The summed E-state index contributed by atoms with van der Waals surface area (Å²) < 4.78 is 0. The molecule has 2 fully saturated rings. The lowest BCUT2D eigenvalue weighted by molar-refractivity contribution is -0.117. The van der Waals surface area contributed by atoms with E-state index in [-0.39, 0.29) is 5.91 Å². The Morgan fingerprint density at radius 2 is 2.00 bits per heavy atom. The first-order chi connectivity index (χ1) is 12.3. The Bertz CT molecular complexity index is 908. The molecule has 5 rings (SSSR count). The van der Waals surface area contributed by atoms with Crippen molar-refractivity contribution in [1.82, 2.24) is 9.97 Å². The second kappa shape index (κ2) is 5.99. The summed E-state index contributed by atoms with van der Waals surface area (Å²) in [5.74, 6) is 2.34. The molecule has 0 atom stereocenters. The Morgan fingerprint density at radius 1 is 1.24 bits per heavy atom. The van der Waals surface area contributed by atoms with Crippen molar-refractivity contribution < 1.29 is 4.79 Å². The number of aromatic nitrogens is 2. The molecule has 4 nitrogen and oxygen atoms in total. The number of para-hydroxylation sites is 1. The van der Waals surface area contributed by atoms with Crippen LogP contribution in [0.5, 0.6) is 0 Å². The summed E-state index contributed by atoms with van der Waals surface area (Å²) in [6, 6.07) is 8.20. The van der Waals surface area contributed by atoms with Gasteiger partial charge in [-0.15, -0.1) is 11.3 Å². The molecule has 2 N–H and O–H groups in total. The van der Waals surface area contributed by atoms with Crippen LogP contribution in [0.2, 0.25) is 0 Å². The zero-order valence-corrected chi connectivity index (χ0v) is 14.8. The van der Waals surface area contributed by atoms with Crippen molar-refractivity contribution in [1.29, 1.82) is 0 Å². The first-order valence-corrected chi connectivity index (χ1v) is 9.98. The molecule has 2 saturated carbocycles. The van der Waals surface area contributed by atoms with Crippen LogP contribution in [0.25, 0.3) is 22.2 Å². The minimum absolute atomic E-state index is 0.128. The molecule has 2 aliphatic carbocycles. The highest BCUT2D eigenvalue weighted by molar-refractivity contribution is 7.14. The molecule has 0 aliphatic heterocycles. The first-order valence-electron chi connectivity index (χ1n) is 9.10. The van der Waals surface area contributed by atoms with E-state index in [0.717, 1.165) is 34.0 Å². The number of fused-ring (bicyclic) bond motifs is 1. The Balaban J connectivity index is 1.30. The molecule has 128 valence electrons. The van der Waals surface area contributed by atoms with Crippen LogP contribution in [0.4, 0.5) is 5.13 Å². The average molecular weight is 351 g/mol. The van der Waals surface area contributed by atoms with E-state index >= 15 is 0 Å². The fraction of sp³-hybridized carbons (Fsp3) is 0.400. The van der Waals surface area contributed by atoms with Gasteiger partial charge in [-0.3, -0.25) is 4.79 Å². The molecule has 1 aromatic carbocycles. The van der Waals surface area contributed by atoms with E-state index in [1.165, 1.54) is 37.0 Å². The van der Waals surface area contributed by atoms with Crippen molar-refractivity contribution >= 4 is 33.3 Å². The maximum Gasteiger partial charge on any atom is 0.226 e. The Hall–Kier alpha value is -2.14. The van der Waals surface area contributed by atoms with Crippen LogP contribution in [0.15, 0.2) is 35.8 Å². The normalized spacial score (nSPS) is 17.3. The van der Waals surface area contributed by atoms with Gasteiger partial charge in [-0.25, -0.2) is 4.98 Å². The van der Waals surface area contributed by atoms with Gasteiger partial charge >= 0.3 is 0 Å². The maximum absolute atomic E-state index is 12.4. The predicted octanol–water partition coefficient (Wildman–Crippen LogP) is 5.06. The molecule has 2 heterocycles. The fourth-order valence-corrected chi connectivity index (χ4v) is 4.62. The standard InChI is InChI=1S/C20H21N3OS/c24-19(9-15(12-5-6-12)13-7-8-13)23-20-22-18(11-25-20)16-10-21-17-4-2-1-3-14(16)17/h1-4,10-13,15,21H,5-9H2,(H,22,23,24). The van der Waals surface area contributed by atoms with Crippen LogP contribution in [0.1, 0.15) is 32.1 Å². The first kappa shape index (κ1) is 15.1. The molecule has 2 aliphatic rings. The van der Waals surface area contributed by atoms with Crippen molar-refractivity contribution in [2.75, 3.05) is 5.32 Å². The molecule has 3 aromatic rings. The van der Waals surface area contributed by atoms with Crippen molar-refractivity contribution in [2.45, 2.75) is 32.1 Å². The summed E-state index contributed by atoms with van der Waals surface area (Å²) >= 11 is 1.50. The third-order valence-corrected chi connectivity index (χ3v) is 6.25. The van der Waals surface area contributed by atoms with Crippen LogP contribution in [0.3, 0.4) is 0 Å². The maximum atomic E-state index is 12.4. The highest BCUT2D eigenvalue weighted by atomic mass is 32.1. The van der Waals surface area contributed by atoms with Gasteiger partial charge in [0.1, 0.15) is 0 Å². The van der Waals surface area contributed by atoms with Gasteiger partial charge in [0, 0.05) is 34.5 Å². The highest BCUT2D eigenvalue weighted by Gasteiger charge is 2.42. The number of amides is 1. The summed E-state index contributed by atoms with van der Waals surface area (Å²) in [7, 11) is 0. The number of benzene rings is 1. The summed E-state index contributed by atoms with van der Waals surface area (Å²) in [4.78, 5) is 20.4.